The van der Waals surface area contributed by atoms with Crippen molar-refractivity contribution in [2.75, 3.05) is 50.3 Å². The lowest BCUT2D eigenvalue weighted by atomic mass is 10.1. The van der Waals surface area contributed by atoms with Gasteiger partial charge in [-0.2, -0.15) is 0 Å². The van der Waals surface area contributed by atoms with E-state index in [-0.39, 0.29) is 83.6 Å². The number of nitrogens with zero attached hydrogens (tertiary/aromatic N) is 4. The molecule has 430 valence electrons. The van der Waals surface area contributed by atoms with Crippen LogP contribution >= 0.6 is 0 Å². The Kier molecular flexibility index (Phi) is 17.1. The molecule has 3 aromatic rings. The Balaban J connectivity index is 1.07. The van der Waals surface area contributed by atoms with Crippen molar-refractivity contribution in [3.8, 4) is 34.5 Å². The average Bonchev–Trinajstić information content (AvgIpc) is 4.09. The molecule has 4 amide bonds. The van der Waals surface area contributed by atoms with Crippen molar-refractivity contribution in [1.82, 2.24) is 9.80 Å². The molecule has 0 saturated carbocycles. The molecule has 0 aliphatic carbocycles. The van der Waals surface area contributed by atoms with Gasteiger partial charge in [-0.3, -0.25) is 9.59 Å². The summed E-state index contributed by atoms with van der Waals surface area (Å²) in [6.07, 6.45) is 0.989. The summed E-state index contributed by atoms with van der Waals surface area (Å²) in [6, 6.07) is 11.1. The molecular formula is C61H78N4O14Si. The van der Waals surface area contributed by atoms with E-state index in [4.69, 9.17) is 47.4 Å². The summed E-state index contributed by atoms with van der Waals surface area (Å²) in [7, 11) is 1.12. The number of carbonyl (C=O) groups excluding carboxylic acids is 4. The number of benzene rings is 3. The second-order valence-corrected chi connectivity index (χ2v) is 29.2. The van der Waals surface area contributed by atoms with Crippen molar-refractivity contribution in [1.29, 1.82) is 0 Å². The van der Waals surface area contributed by atoms with Crippen LogP contribution < -0.4 is 28.7 Å². The van der Waals surface area contributed by atoms with Crippen LogP contribution in [0.5, 0.6) is 23.0 Å². The fourth-order valence-corrected chi connectivity index (χ4v) is 11.3. The van der Waals surface area contributed by atoms with E-state index in [1.165, 1.54) is 24.0 Å². The first-order chi connectivity index (χ1) is 37.9. The first-order valence-corrected chi connectivity index (χ1v) is 31.3. The molecule has 0 spiro atoms. The normalized spacial score (nSPS) is 23.2. The van der Waals surface area contributed by atoms with Gasteiger partial charge < -0.3 is 57.2 Å². The summed E-state index contributed by atoms with van der Waals surface area (Å²) in [6.45, 7) is 27.3. The molecule has 4 fully saturated rings. The quantitative estimate of drug-likeness (QED) is 0.0952. The smallest absolute Gasteiger partial charge is 0.417 e. The Hall–Kier alpha value is -6.56. The van der Waals surface area contributed by atoms with Crippen LogP contribution in [-0.2, 0) is 41.6 Å². The van der Waals surface area contributed by atoms with Crippen molar-refractivity contribution in [2.45, 2.75) is 174 Å². The molecule has 18 nitrogen and oxygen atoms in total. The van der Waals surface area contributed by atoms with Crippen LogP contribution in [0.4, 0.5) is 21.0 Å². The topological polar surface area (TPSA) is 174 Å². The molecule has 3 aromatic carbocycles. The van der Waals surface area contributed by atoms with Gasteiger partial charge in [0.2, 0.25) is 0 Å². The molecule has 9 rings (SSSR count). The van der Waals surface area contributed by atoms with Gasteiger partial charge in [-0.25, -0.2) is 19.4 Å². The van der Waals surface area contributed by atoms with E-state index in [0.717, 1.165) is 53.5 Å². The first-order valence-electron chi connectivity index (χ1n) is 27.8. The largest absolute Gasteiger partial charge is 0.493 e. The standard InChI is InChI=1S/C61H78N4O14Si/c1-37-24-46-56(76-52-18-14-16-21-72-52)64(58(68)78-60(3,4)5)44-31-50(48(70-9)29-42(44)54(66)62(46)33-37)74-35-40-26-39(20-23-80(11,12)13)27-41(28-40)36-75-51-32-45-43(30-49(51)71-10)55(67)63-34-38(2)25-47(63)57(77-53-19-15-17-22-73-53)65(45)59(69)79-61(6,7)8/h26-32,46-47,52-53,56-57H,1-2,14-19,21-22,24-25,33-36H2,3-13H3/t46-,47-,52?,53?,56-,57-/m0/s1. The van der Waals surface area contributed by atoms with Crippen LogP contribution in [-0.4, -0.2) is 131 Å². The maximum absolute atomic E-state index is 14.7. The van der Waals surface area contributed by atoms with Crippen molar-refractivity contribution in [3.05, 3.63) is 94.6 Å². The van der Waals surface area contributed by atoms with Crippen molar-refractivity contribution in [2.24, 2.45) is 0 Å². The third-order valence-corrected chi connectivity index (χ3v) is 15.2. The van der Waals surface area contributed by atoms with E-state index >= 15 is 0 Å². The predicted molar refractivity (Wildman–Crippen MR) is 303 cm³/mol. The number of ether oxygens (including phenoxy) is 10. The fraction of sp³-hybridized carbons (Fsp3) is 0.541. The van der Waals surface area contributed by atoms with Gasteiger partial charge in [0.05, 0.1) is 48.8 Å². The van der Waals surface area contributed by atoms with Crippen molar-refractivity contribution >= 4 is 43.4 Å². The second kappa shape index (κ2) is 23.5. The highest BCUT2D eigenvalue weighted by Crippen LogP contribution is 2.46. The van der Waals surface area contributed by atoms with Gasteiger partial charge in [0.1, 0.15) is 32.5 Å². The highest BCUT2D eigenvalue weighted by Gasteiger charge is 2.51. The Bertz CT molecular complexity index is 2780. The third kappa shape index (κ3) is 13.3. The Morgan fingerprint density at radius 2 is 1.05 bits per heavy atom. The van der Waals surface area contributed by atoms with Crippen LogP contribution in [0.2, 0.25) is 19.6 Å². The van der Waals surface area contributed by atoms with Crippen LogP contribution in [0.3, 0.4) is 0 Å². The van der Waals surface area contributed by atoms with E-state index in [1.54, 1.807) is 75.6 Å². The lowest BCUT2D eigenvalue weighted by molar-refractivity contribution is -0.196. The fourth-order valence-electron chi connectivity index (χ4n) is 10.8. The molecule has 0 aromatic heterocycles. The number of hydrogen-bond donors (Lipinski definition) is 0. The van der Waals surface area contributed by atoms with E-state index in [9.17, 15) is 19.2 Å². The summed E-state index contributed by atoms with van der Waals surface area (Å²) < 4.78 is 62.9. The zero-order valence-corrected chi connectivity index (χ0v) is 49.3. The number of anilines is 2. The zero-order valence-electron chi connectivity index (χ0n) is 48.3. The molecule has 80 heavy (non-hydrogen) atoms. The minimum Gasteiger partial charge on any atom is -0.493 e. The van der Waals surface area contributed by atoms with Crippen molar-refractivity contribution in [3.63, 3.8) is 0 Å². The molecular weight excluding hydrogens is 1040 g/mol. The van der Waals surface area contributed by atoms with Gasteiger partial charge in [-0.15, -0.1) is 5.54 Å². The van der Waals surface area contributed by atoms with Gasteiger partial charge in [-0.1, -0.05) is 49.9 Å². The number of fused-ring (bicyclic) bond motifs is 4. The molecule has 0 N–H and O–H groups in total. The highest BCUT2D eigenvalue weighted by molar-refractivity contribution is 6.83. The second-order valence-electron chi connectivity index (χ2n) is 24.4. The molecule has 0 bridgehead atoms. The summed E-state index contributed by atoms with van der Waals surface area (Å²) in [5.74, 6) is 3.80. The van der Waals surface area contributed by atoms with E-state index in [0.29, 0.717) is 38.9 Å². The molecule has 0 radical (unpaired) electrons. The lowest BCUT2D eigenvalue weighted by Crippen LogP contribution is -2.54. The van der Waals surface area contributed by atoms with Crippen molar-refractivity contribution < 1.29 is 66.5 Å². The van der Waals surface area contributed by atoms with Crippen LogP contribution in [0.15, 0.2) is 66.8 Å². The van der Waals surface area contributed by atoms with Gasteiger partial charge in [0.15, 0.2) is 48.0 Å². The molecule has 19 heteroatoms. The van der Waals surface area contributed by atoms with E-state index in [2.05, 4.69) is 44.3 Å². The highest BCUT2D eigenvalue weighted by atomic mass is 28.3. The van der Waals surface area contributed by atoms with Crippen LogP contribution in [0, 0.1) is 11.5 Å². The average molecular weight is 1120 g/mol. The van der Waals surface area contributed by atoms with Gasteiger partial charge in [-0.05, 0) is 134 Å². The predicted octanol–water partition coefficient (Wildman–Crippen LogP) is 10.9. The number of carbonyl (C=O) groups is 4. The number of hydrogen-bond acceptors (Lipinski definition) is 14. The summed E-state index contributed by atoms with van der Waals surface area (Å²) in [5.41, 5.74) is 6.40. The van der Waals surface area contributed by atoms with E-state index in [1.807, 2.05) is 18.2 Å². The SMILES string of the molecule is C=C1C[C@H]2[C@H](OC3CCCCO3)N(C(=O)OC(C)(C)C)c3cc(OCc4cc(C#C[Si](C)(C)C)cc(COc5cc6c(cc5OC)C(=O)N5CC(=C)C[C@H]5[C@H](OC5CCCCO5)N6C(=O)OC(C)(C)C)c4)c(OC)cc3C(=O)N2C1. The Morgan fingerprint density at radius 3 is 1.41 bits per heavy atom. The third-order valence-electron chi connectivity index (χ3n) is 14.3. The molecule has 4 saturated heterocycles. The lowest BCUT2D eigenvalue weighted by Gasteiger charge is -2.39. The minimum atomic E-state index is -1.87. The van der Waals surface area contributed by atoms with Crippen LogP contribution in [0.25, 0.3) is 0 Å². The summed E-state index contributed by atoms with van der Waals surface area (Å²) in [5, 5.41) is 0. The zero-order chi connectivity index (χ0) is 57.4. The maximum Gasteiger partial charge on any atom is 0.417 e. The molecule has 6 aliphatic heterocycles. The number of methoxy groups -OCH3 is 2. The maximum atomic E-state index is 14.7. The molecule has 6 heterocycles. The minimum absolute atomic E-state index is 0.000721. The van der Waals surface area contributed by atoms with Gasteiger partial charge >= 0.3 is 12.2 Å². The molecule has 2 unspecified atom stereocenters. The monoisotopic (exact) mass is 1120 g/mol. The first kappa shape index (κ1) is 58.1. The van der Waals surface area contributed by atoms with Crippen LogP contribution in [0.1, 0.15) is 130 Å². The van der Waals surface area contributed by atoms with Gasteiger partial charge in [0, 0.05) is 44.0 Å². The van der Waals surface area contributed by atoms with E-state index < -0.39 is 68.6 Å². The summed E-state index contributed by atoms with van der Waals surface area (Å²) >= 11 is 0. The number of rotatable bonds is 12. The summed E-state index contributed by atoms with van der Waals surface area (Å²) in [4.78, 5) is 64.9. The number of amides is 4. The molecule has 6 atom stereocenters. The molecule has 6 aliphatic rings. The van der Waals surface area contributed by atoms with Gasteiger partial charge in [0.25, 0.3) is 11.8 Å². The Labute approximate surface area is 471 Å². The Morgan fingerprint density at radius 1 is 0.625 bits per heavy atom.